The van der Waals surface area contributed by atoms with Crippen molar-refractivity contribution in [2.24, 2.45) is 11.7 Å². The molecule has 0 aliphatic carbocycles. The summed E-state index contributed by atoms with van der Waals surface area (Å²) in [7, 11) is 0. The maximum absolute atomic E-state index is 12.4. The lowest BCUT2D eigenvalue weighted by Crippen LogP contribution is -2.37. The molecule has 4 rings (SSSR count). The normalized spacial score (nSPS) is 17.5. The van der Waals surface area contributed by atoms with Crippen molar-refractivity contribution in [3.05, 3.63) is 59.7 Å². The van der Waals surface area contributed by atoms with Crippen LogP contribution in [-0.2, 0) is 19.2 Å². The number of fused-ring (bicyclic) bond motifs is 1. The fraction of sp³-hybridized carbons (Fsp3) is 0. The summed E-state index contributed by atoms with van der Waals surface area (Å²) in [6.45, 7) is 0. The van der Waals surface area contributed by atoms with Gasteiger partial charge in [-0.1, -0.05) is 36.4 Å². The molecule has 8 nitrogen and oxygen atoms in total. The maximum atomic E-state index is 12.4. The van der Waals surface area contributed by atoms with Crippen LogP contribution in [0.25, 0.3) is 21.9 Å². The van der Waals surface area contributed by atoms with E-state index in [9.17, 15) is 19.2 Å². The smallest absolute Gasteiger partial charge is 0.268 e. The maximum Gasteiger partial charge on any atom is 0.275 e. The van der Waals surface area contributed by atoms with Gasteiger partial charge in [0.2, 0.25) is 0 Å². The van der Waals surface area contributed by atoms with Gasteiger partial charge in [0.1, 0.15) is 0 Å². The first-order chi connectivity index (χ1) is 12.4. The predicted octanol–water partition coefficient (Wildman–Crippen LogP) is 0.0916. The van der Waals surface area contributed by atoms with Gasteiger partial charge >= 0.3 is 0 Å². The fourth-order valence-corrected chi connectivity index (χ4v) is 3.13. The van der Waals surface area contributed by atoms with Crippen LogP contribution >= 0.6 is 0 Å². The number of hydrogen-bond acceptors (Lipinski definition) is 6. The van der Waals surface area contributed by atoms with Crippen molar-refractivity contribution in [3.63, 3.8) is 0 Å². The number of nitrogens with zero attached hydrogens (tertiary/aromatic N) is 2. The Morgan fingerprint density at radius 2 is 1.27 bits per heavy atom. The van der Waals surface area contributed by atoms with E-state index >= 15 is 0 Å². The van der Waals surface area contributed by atoms with Crippen molar-refractivity contribution < 1.29 is 19.2 Å². The Morgan fingerprint density at radius 1 is 0.692 bits per heavy atom. The molecule has 0 atom stereocenters. The van der Waals surface area contributed by atoms with Gasteiger partial charge in [-0.15, -0.1) is 0 Å². The Morgan fingerprint density at radius 3 is 1.85 bits per heavy atom. The average molecular weight is 348 g/mol. The highest BCUT2D eigenvalue weighted by Gasteiger charge is 2.36. The van der Waals surface area contributed by atoms with Crippen molar-refractivity contribution in [1.29, 1.82) is 0 Å². The lowest BCUT2D eigenvalue weighted by atomic mass is 9.89. The first-order valence-corrected chi connectivity index (χ1v) is 7.62. The van der Waals surface area contributed by atoms with Crippen molar-refractivity contribution in [2.45, 2.75) is 0 Å². The molecular formula is C18H12N4O4. The van der Waals surface area contributed by atoms with Gasteiger partial charge in [-0.05, 0) is 16.3 Å². The predicted molar refractivity (Wildman–Crippen MR) is 92.0 cm³/mol. The van der Waals surface area contributed by atoms with Crippen molar-refractivity contribution >= 4 is 45.5 Å². The molecule has 0 unspecified atom stereocenters. The average Bonchev–Trinajstić information content (AvgIpc) is 3.05. The van der Waals surface area contributed by atoms with Crippen LogP contribution in [0.5, 0.6) is 0 Å². The van der Waals surface area contributed by atoms with Crippen LogP contribution < -0.4 is 11.7 Å². The fourth-order valence-electron chi connectivity index (χ4n) is 3.13. The molecule has 0 fully saturated rings. The van der Waals surface area contributed by atoms with Crippen LogP contribution in [-0.4, -0.2) is 33.6 Å². The summed E-state index contributed by atoms with van der Waals surface area (Å²) in [5.74, 6) is 8.25. The van der Waals surface area contributed by atoms with E-state index in [2.05, 4.69) is 0 Å². The number of hydrazine groups is 2. The molecule has 4 N–H and O–H groups in total. The Hall–Kier alpha value is -3.62. The summed E-state index contributed by atoms with van der Waals surface area (Å²) in [5, 5.41) is 2.44. The van der Waals surface area contributed by atoms with Gasteiger partial charge in [-0.25, -0.2) is 21.7 Å². The lowest BCUT2D eigenvalue weighted by molar-refractivity contribution is -0.138. The van der Waals surface area contributed by atoms with E-state index in [0.29, 0.717) is 26.5 Å². The zero-order chi connectivity index (χ0) is 18.6. The molecule has 2 aliphatic heterocycles. The second kappa shape index (κ2) is 5.45. The standard InChI is InChI=1S/C18H12N4O4/c19-21-14(23)7-12(17(21)25)11-6-5-9-3-1-2-4-10(9)16(11)13-8-15(24)22(20)18(13)26/h1-8H,19-20H2. The first kappa shape index (κ1) is 15.9. The number of rotatable bonds is 2. The third-order valence-electron chi connectivity index (χ3n) is 4.40. The second-order valence-corrected chi connectivity index (χ2v) is 5.85. The molecule has 26 heavy (non-hydrogen) atoms. The highest BCUT2D eigenvalue weighted by atomic mass is 16.2. The van der Waals surface area contributed by atoms with Crippen molar-refractivity contribution in [1.82, 2.24) is 10.0 Å². The highest BCUT2D eigenvalue weighted by Crippen LogP contribution is 2.36. The van der Waals surface area contributed by atoms with Crippen LogP contribution in [0.15, 0.2) is 48.6 Å². The summed E-state index contributed by atoms with van der Waals surface area (Å²) < 4.78 is 0. The van der Waals surface area contributed by atoms with Gasteiger partial charge in [0.05, 0.1) is 11.1 Å². The minimum Gasteiger partial charge on any atom is -0.268 e. The van der Waals surface area contributed by atoms with E-state index < -0.39 is 23.6 Å². The van der Waals surface area contributed by atoms with E-state index in [1.807, 2.05) is 12.1 Å². The number of hydrogen-bond donors (Lipinski definition) is 2. The van der Waals surface area contributed by atoms with E-state index in [1.54, 1.807) is 24.3 Å². The molecule has 8 heteroatoms. The van der Waals surface area contributed by atoms with Crippen LogP contribution in [0.1, 0.15) is 11.1 Å². The zero-order valence-corrected chi connectivity index (χ0v) is 13.3. The highest BCUT2D eigenvalue weighted by molar-refractivity contribution is 6.38. The number of carbonyl (C=O) groups excluding carboxylic acids is 4. The molecule has 2 aromatic carbocycles. The molecule has 0 radical (unpaired) electrons. The van der Waals surface area contributed by atoms with Gasteiger partial charge in [0, 0.05) is 17.7 Å². The molecule has 2 heterocycles. The van der Waals surface area contributed by atoms with Crippen LogP contribution in [0.3, 0.4) is 0 Å². The van der Waals surface area contributed by atoms with Gasteiger partial charge in [-0.2, -0.15) is 0 Å². The van der Waals surface area contributed by atoms with Crippen LogP contribution in [0.2, 0.25) is 0 Å². The lowest BCUT2D eigenvalue weighted by Gasteiger charge is -2.15. The monoisotopic (exact) mass is 348 g/mol. The molecule has 2 aromatic rings. The van der Waals surface area contributed by atoms with Crippen LogP contribution in [0.4, 0.5) is 0 Å². The molecule has 4 amide bonds. The molecule has 0 saturated carbocycles. The van der Waals surface area contributed by atoms with Crippen LogP contribution in [0, 0.1) is 0 Å². The molecule has 128 valence electrons. The Bertz CT molecular complexity index is 1100. The Balaban J connectivity index is 2.04. The first-order valence-electron chi connectivity index (χ1n) is 7.62. The second-order valence-electron chi connectivity index (χ2n) is 5.85. The van der Waals surface area contributed by atoms with E-state index in [4.69, 9.17) is 11.7 Å². The van der Waals surface area contributed by atoms with Crippen molar-refractivity contribution in [2.75, 3.05) is 0 Å². The van der Waals surface area contributed by atoms with Gasteiger partial charge < -0.3 is 0 Å². The zero-order valence-electron chi connectivity index (χ0n) is 13.3. The number of imide groups is 2. The van der Waals surface area contributed by atoms with E-state index in [0.717, 1.165) is 17.5 Å². The quantitative estimate of drug-likeness (QED) is 0.450. The number of amides is 4. The summed E-state index contributed by atoms with van der Waals surface area (Å²) >= 11 is 0. The number of carbonyl (C=O) groups is 4. The summed E-state index contributed by atoms with van der Waals surface area (Å²) in [4.78, 5) is 48.4. The minimum absolute atomic E-state index is 0.0508. The Kier molecular flexibility index (Phi) is 3.33. The summed E-state index contributed by atoms with van der Waals surface area (Å²) in [6, 6.07) is 10.6. The third kappa shape index (κ3) is 2.10. The van der Waals surface area contributed by atoms with E-state index in [-0.39, 0.29) is 11.1 Å². The molecule has 0 aromatic heterocycles. The SMILES string of the molecule is NN1C(=O)C=C(c2ccc3ccccc3c2C2=CC(=O)N(N)C2=O)C1=O. The minimum atomic E-state index is -0.687. The number of benzene rings is 2. The molecule has 0 saturated heterocycles. The molecule has 0 spiro atoms. The topological polar surface area (TPSA) is 127 Å². The van der Waals surface area contributed by atoms with Gasteiger partial charge in [0.15, 0.2) is 0 Å². The summed E-state index contributed by atoms with van der Waals surface area (Å²) in [6.07, 6.45) is 2.23. The largest absolute Gasteiger partial charge is 0.275 e. The van der Waals surface area contributed by atoms with Gasteiger partial charge in [-0.3, -0.25) is 19.2 Å². The molecule has 0 bridgehead atoms. The molecular weight excluding hydrogens is 336 g/mol. The molecule has 2 aliphatic rings. The van der Waals surface area contributed by atoms with Gasteiger partial charge in [0.25, 0.3) is 23.6 Å². The number of nitrogens with two attached hydrogens (primary N) is 2. The summed E-state index contributed by atoms with van der Waals surface area (Å²) in [5.41, 5.74) is 0.797. The third-order valence-corrected chi connectivity index (χ3v) is 4.40. The Labute approximate surface area is 146 Å². The van der Waals surface area contributed by atoms with Crippen molar-refractivity contribution in [3.8, 4) is 0 Å². The van der Waals surface area contributed by atoms with E-state index in [1.165, 1.54) is 0 Å².